The molecule has 1 aliphatic rings. The minimum Gasteiger partial charge on any atom is -0.493 e. The van der Waals surface area contributed by atoms with Crippen molar-refractivity contribution in [3.63, 3.8) is 0 Å². The maximum absolute atomic E-state index is 12.0. The first kappa shape index (κ1) is 23.6. The van der Waals surface area contributed by atoms with Crippen LogP contribution in [-0.2, 0) is 4.79 Å². The van der Waals surface area contributed by atoms with Crippen molar-refractivity contribution in [3.8, 4) is 17.2 Å². The molecule has 9 heteroatoms. The van der Waals surface area contributed by atoms with Crippen LogP contribution in [-0.4, -0.2) is 44.0 Å². The van der Waals surface area contributed by atoms with Gasteiger partial charge in [0.15, 0.2) is 18.1 Å². The van der Waals surface area contributed by atoms with Crippen LogP contribution in [0.4, 0.5) is 0 Å². The van der Waals surface area contributed by atoms with Crippen LogP contribution >= 0.6 is 39.5 Å². The summed E-state index contributed by atoms with van der Waals surface area (Å²) in [5, 5.41) is 4.00. The number of nitrogens with one attached hydrogen (secondary N) is 1. The molecule has 2 aromatic rings. The molecule has 0 unspecified atom stereocenters. The highest BCUT2D eigenvalue weighted by molar-refractivity contribution is 9.10. The first-order valence-corrected chi connectivity index (χ1v) is 12.4. The highest BCUT2D eigenvalue weighted by atomic mass is 79.9. The highest BCUT2D eigenvalue weighted by Crippen LogP contribution is 2.45. The third kappa shape index (κ3) is 6.95. The van der Waals surface area contributed by atoms with Crippen LogP contribution in [0.1, 0.15) is 15.7 Å². The van der Waals surface area contributed by atoms with Crippen LogP contribution in [0.15, 0.2) is 58.6 Å². The lowest BCUT2D eigenvalue weighted by molar-refractivity contribution is -0.123. The van der Waals surface area contributed by atoms with Gasteiger partial charge in [-0.2, -0.15) is 5.10 Å². The number of ether oxygens (including phenoxy) is 3. The highest BCUT2D eigenvalue weighted by Gasteiger charge is 2.18. The molecular weight excluding hydrogens is 500 g/mol. The number of methoxy groups -OCH3 is 1. The summed E-state index contributed by atoms with van der Waals surface area (Å²) in [5.74, 6) is 3.81. The Morgan fingerprint density at radius 1 is 1.23 bits per heavy atom. The summed E-state index contributed by atoms with van der Waals surface area (Å²) in [5.41, 5.74) is 4.46. The molecule has 0 radical (unpaired) electrons. The van der Waals surface area contributed by atoms with Crippen LogP contribution < -0.4 is 19.6 Å². The van der Waals surface area contributed by atoms with E-state index in [1.807, 2.05) is 35.7 Å². The zero-order chi connectivity index (χ0) is 22.1. The van der Waals surface area contributed by atoms with E-state index in [4.69, 9.17) is 14.2 Å². The lowest BCUT2D eigenvalue weighted by atomic mass is 10.2. The third-order valence-electron chi connectivity index (χ3n) is 4.18. The van der Waals surface area contributed by atoms with Gasteiger partial charge in [-0.25, -0.2) is 5.43 Å². The molecule has 0 aliphatic carbocycles. The molecular formula is C22H23BrN2O4S2. The Bertz CT molecular complexity index is 932. The summed E-state index contributed by atoms with van der Waals surface area (Å²) in [6.07, 6.45) is 3.18. The molecule has 164 valence electrons. The fourth-order valence-corrected chi connectivity index (χ4v) is 5.98. The largest absolute Gasteiger partial charge is 0.493 e. The molecule has 6 nitrogen and oxygen atoms in total. The van der Waals surface area contributed by atoms with E-state index in [1.54, 1.807) is 25.3 Å². The summed E-state index contributed by atoms with van der Waals surface area (Å²) < 4.78 is 17.7. The van der Waals surface area contributed by atoms with Crippen LogP contribution in [0.2, 0.25) is 0 Å². The molecule has 1 amide bonds. The Kier molecular flexibility index (Phi) is 9.17. The molecule has 0 atom stereocenters. The number of hydrazone groups is 1. The number of rotatable bonds is 10. The Morgan fingerprint density at radius 2 is 1.97 bits per heavy atom. The molecule has 0 saturated carbocycles. The smallest absolute Gasteiger partial charge is 0.277 e. The fraction of sp³-hybridized carbons (Fsp3) is 0.273. The van der Waals surface area contributed by atoms with Gasteiger partial charge in [0.2, 0.25) is 0 Å². The normalized spacial score (nSPS) is 13.9. The summed E-state index contributed by atoms with van der Waals surface area (Å²) in [6, 6.07) is 11.4. The zero-order valence-corrected chi connectivity index (χ0v) is 20.2. The van der Waals surface area contributed by atoms with E-state index in [0.29, 0.717) is 28.4 Å². The molecule has 1 saturated heterocycles. The quantitative estimate of drug-likeness (QED) is 0.268. The number of nitrogens with zero attached hydrogens (tertiary/aromatic N) is 1. The second-order valence-electron chi connectivity index (χ2n) is 6.35. The van der Waals surface area contributed by atoms with Gasteiger partial charge in [-0.05, 0) is 45.8 Å². The van der Waals surface area contributed by atoms with E-state index in [-0.39, 0.29) is 12.5 Å². The number of carbonyl (C=O) groups excluding carboxylic acids is 1. The lowest BCUT2D eigenvalue weighted by Gasteiger charge is -2.11. The van der Waals surface area contributed by atoms with Crippen LogP contribution in [0.3, 0.4) is 0 Å². The number of benzene rings is 2. The van der Waals surface area contributed by atoms with E-state index in [2.05, 4.69) is 45.2 Å². The van der Waals surface area contributed by atoms with Crippen LogP contribution in [0.25, 0.3) is 0 Å². The SMILES string of the molecule is C=CCOc1cc(Br)c(/C=N\NC(=O)COc2ccc(C3SCCS3)cc2)cc1OC. The second kappa shape index (κ2) is 12.1. The van der Waals surface area contributed by atoms with Gasteiger partial charge in [0.05, 0.1) is 17.9 Å². The number of hydrogen-bond acceptors (Lipinski definition) is 7. The standard InChI is InChI=1S/C22H23BrN2O4S2/c1-3-8-28-20-12-18(23)16(11-19(20)27-2)13-24-25-21(26)14-29-17-6-4-15(5-7-17)22-30-9-10-31-22/h3-7,11-13,22H,1,8-10,14H2,2H3,(H,25,26)/b24-13-. The monoisotopic (exact) mass is 522 g/mol. The molecule has 2 aromatic carbocycles. The maximum Gasteiger partial charge on any atom is 0.277 e. The average Bonchev–Trinajstić information content (AvgIpc) is 3.32. The molecule has 1 N–H and O–H groups in total. The summed E-state index contributed by atoms with van der Waals surface area (Å²) >= 11 is 7.38. The van der Waals surface area contributed by atoms with Crippen molar-refractivity contribution < 1.29 is 19.0 Å². The van der Waals surface area contributed by atoms with E-state index < -0.39 is 0 Å². The predicted molar refractivity (Wildman–Crippen MR) is 132 cm³/mol. The Balaban J connectivity index is 1.50. The molecule has 1 heterocycles. The second-order valence-corrected chi connectivity index (χ2v) is 9.93. The lowest BCUT2D eigenvalue weighted by Crippen LogP contribution is -2.24. The summed E-state index contributed by atoms with van der Waals surface area (Å²) in [4.78, 5) is 12.0. The third-order valence-corrected chi connectivity index (χ3v) is 7.97. The van der Waals surface area contributed by atoms with Gasteiger partial charge in [-0.15, -0.1) is 23.5 Å². The molecule has 3 rings (SSSR count). The zero-order valence-electron chi connectivity index (χ0n) is 17.0. The molecule has 0 aromatic heterocycles. The van der Waals surface area contributed by atoms with Crippen LogP contribution in [0, 0.1) is 0 Å². The van der Waals surface area contributed by atoms with E-state index in [9.17, 15) is 4.79 Å². The van der Waals surface area contributed by atoms with Gasteiger partial charge in [-0.3, -0.25) is 4.79 Å². The van der Waals surface area contributed by atoms with Crippen molar-refractivity contribution in [1.82, 2.24) is 5.43 Å². The van der Waals surface area contributed by atoms with Crippen molar-refractivity contribution in [2.75, 3.05) is 31.8 Å². The molecule has 0 bridgehead atoms. The first-order chi connectivity index (χ1) is 15.1. The van der Waals surface area contributed by atoms with Crippen molar-refractivity contribution in [2.45, 2.75) is 4.58 Å². The van der Waals surface area contributed by atoms with Crippen molar-refractivity contribution in [3.05, 3.63) is 64.7 Å². The molecule has 1 fully saturated rings. The predicted octanol–water partition coefficient (Wildman–Crippen LogP) is 5.03. The van der Waals surface area contributed by atoms with Crippen molar-refractivity contribution in [2.24, 2.45) is 5.10 Å². The topological polar surface area (TPSA) is 69.2 Å². The number of hydrogen-bond donors (Lipinski definition) is 1. The average molecular weight is 523 g/mol. The van der Waals surface area contributed by atoms with Crippen LogP contribution in [0.5, 0.6) is 17.2 Å². The molecule has 1 aliphatic heterocycles. The van der Waals surface area contributed by atoms with Gasteiger partial charge in [-0.1, -0.05) is 24.8 Å². The van der Waals surface area contributed by atoms with E-state index in [0.717, 1.165) is 10.0 Å². The maximum atomic E-state index is 12.0. The fourth-order valence-electron chi connectivity index (χ4n) is 2.70. The number of amides is 1. The van der Waals surface area contributed by atoms with Gasteiger partial charge in [0.25, 0.3) is 5.91 Å². The minimum absolute atomic E-state index is 0.123. The van der Waals surface area contributed by atoms with Crippen molar-refractivity contribution in [1.29, 1.82) is 0 Å². The van der Waals surface area contributed by atoms with Gasteiger partial charge in [0, 0.05) is 21.5 Å². The first-order valence-electron chi connectivity index (χ1n) is 9.50. The van der Waals surface area contributed by atoms with Gasteiger partial charge >= 0.3 is 0 Å². The minimum atomic E-state index is -0.351. The number of thioether (sulfide) groups is 2. The number of halogens is 1. The number of carbonyl (C=O) groups is 1. The van der Waals surface area contributed by atoms with E-state index in [1.165, 1.54) is 23.3 Å². The summed E-state index contributed by atoms with van der Waals surface area (Å²) in [6.45, 7) is 3.88. The van der Waals surface area contributed by atoms with Gasteiger partial charge in [0.1, 0.15) is 12.4 Å². The Labute approximate surface area is 198 Å². The molecule has 0 spiro atoms. The van der Waals surface area contributed by atoms with Gasteiger partial charge < -0.3 is 14.2 Å². The van der Waals surface area contributed by atoms with E-state index >= 15 is 0 Å². The summed E-state index contributed by atoms with van der Waals surface area (Å²) in [7, 11) is 1.56. The Morgan fingerprint density at radius 3 is 2.65 bits per heavy atom. The van der Waals surface area contributed by atoms with Crippen molar-refractivity contribution >= 4 is 51.6 Å². The molecule has 31 heavy (non-hydrogen) atoms. The Hall–Kier alpha value is -2.10.